The van der Waals surface area contributed by atoms with Crippen LogP contribution in [0.2, 0.25) is 0 Å². The summed E-state index contributed by atoms with van der Waals surface area (Å²) in [6.07, 6.45) is 3.57. The highest BCUT2D eigenvalue weighted by molar-refractivity contribution is 5.55. The summed E-state index contributed by atoms with van der Waals surface area (Å²) in [4.78, 5) is 8.16. The van der Waals surface area contributed by atoms with E-state index in [2.05, 4.69) is 20.7 Å². The largest absolute Gasteiger partial charge is 0.385 e. The van der Waals surface area contributed by atoms with Crippen LogP contribution in [0.5, 0.6) is 0 Å². The molecule has 1 heterocycles. The number of anilines is 2. The smallest absolute Gasteiger partial charge is 0.148 e. The average Bonchev–Trinajstić information content (AvgIpc) is 2.31. The van der Waals surface area contributed by atoms with Crippen LogP contribution < -0.4 is 16.6 Å². The van der Waals surface area contributed by atoms with E-state index in [-0.39, 0.29) is 0 Å². The van der Waals surface area contributed by atoms with Gasteiger partial charge < -0.3 is 15.5 Å². The van der Waals surface area contributed by atoms with Crippen molar-refractivity contribution in [1.82, 2.24) is 9.97 Å². The van der Waals surface area contributed by atoms with Gasteiger partial charge in [-0.1, -0.05) is 0 Å². The van der Waals surface area contributed by atoms with Crippen LogP contribution in [0.1, 0.15) is 18.4 Å². The summed E-state index contributed by atoms with van der Waals surface area (Å²) in [5.41, 5.74) is 3.46. The number of nitrogens with two attached hydrogens (primary N) is 1. The molecular formula is C10H19N5O. The van der Waals surface area contributed by atoms with Crippen molar-refractivity contribution < 1.29 is 4.74 Å². The van der Waals surface area contributed by atoms with E-state index in [9.17, 15) is 0 Å². The number of nitrogens with one attached hydrogen (secondary N) is 2. The molecule has 6 nitrogen and oxygen atoms in total. The molecule has 6 heteroatoms. The van der Waals surface area contributed by atoms with E-state index >= 15 is 0 Å². The van der Waals surface area contributed by atoms with Crippen molar-refractivity contribution in [3.8, 4) is 0 Å². The molecule has 0 spiro atoms. The Morgan fingerprint density at radius 1 is 1.31 bits per heavy atom. The minimum absolute atomic E-state index is 0.648. The molecule has 0 atom stereocenters. The number of aromatic nitrogens is 2. The molecule has 0 unspecified atom stereocenters. The highest BCUT2D eigenvalue weighted by atomic mass is 16.5. The lowest BCUT2D eigenvalue weighted by molar-refractivity contribution is 0.194. The van der Waals surface area contributed by atoms with Crippen LogP contribution in [0.4, 0.5) is 11.6 Å². The summed E-state index contributed by atoms with van der Waals surface area (Å²) in [5.74, 6) is 6.80. The minimum atomic E-state index is 0.648. The van der Waals surface area contributed by atoms with Crippen molar-refractivity contribution >= 4 is 11.6 Å². The van der Waals surface area contributed by atoms with Gasteiger partial charge in [-0.2, -0.15) is 0 Å². The summed E-state index contributed by atoms with van der Waals surface area (Å²) < 4.78 is 4.97. The monoisotopic (exact) mass is 225 g/mol. The van der Waals surface area contributed by atoms with E-state index in [1.165, 1.54) is 6.33 Å². The predicted octanol–water partition coefficient (Wildman–Crippen LogP) is 0.909. The molecule has 0 aliphatic rings. The average molecular weight is 225 g/mol. The van der Waals surface area contributed by atoms with Crippen molar-refractivity contribution in [2.24, 2.45) is 5.84 Å². The van der Waals surface area contributed by atoms with Crippen LogP contribution in [0.3, 0.4) is 0 Å². The quantitative estimate of drug-likeness (QED) is 0.363. The van der Waals surface area contributed by atoms with Gasteiger partial charge >= 0.3 is 0 Å². The van der Waals surface area contributed by atoms with Gasteiger partial charge in [0.1, 0.15) is 18.0 Å². The van der Waals surface area contributed by atoms with Crippen LogP contribution in [-0.2, 0) is 4.74 Å². The number of hydrogen-bond donors (Lipinski definition) is 3. The number of methoxy groups -OCH3 is 1. The van der Waals surface area contributed by atoms with Gasteiger partial charge in [0.05, 0.1) is 0 Å². The fraction of sp³-hybridized carbons (Fsp3) is 0.600. The van der Waals surface area contributed by atoms with E-state index in [4.69, 9.17) is 10.6 Å². The van der Waals surface area contributed by atoms with Gasteiger partial charge in [-0.15, -0.1) is 0 Å². The highest BCUT2D eigenvalue weighted by Gasteiger charge is 2.04. The maximum Gasteiger partial charge on any atom is 0.148 e. The number of hydrogen-bond acceptors (Lipinski definition) is 6. The minimum Gasteiger partial charge on any atom is -0.385 e. The SMILES string of the molecule is COCCCCNc1ncnc(NN)c1C. The zero-order valence-electron chi connectivity index (χ0n) is 9.79. The van der Waals surface area contributed by atoms with Crippen molar-refractivity contribution in [2.75, 3.05) is 31.0 Å². The molecule has 0 aliphatic carbocycles. The first-order chi connectivity index (χ1) is 7.79. The molecule has 0 saturated heterocycles. The fourth-order valence-corrected chi connectivity index (χ4v) is 1.35. The third-order valence-corrected chi connectivity index (χ3v) is 2.29. The molecule has 1 aromatic rings. The van der Waals surface area contributed by atoms with Crippen molar-refractivity contribution in [3.05, 3.63) is 11.9 Å². The Kier molecular flexibility index (Phi) is 5.52. The normalized spacial score (nSPS) is 10.2. The first kappa shape index (κ1) is 12.7. The molecule has 16 heavy (non-hydrogen) atoms. The Bertz CT molecular complexity index is 318. The lowest BCUT2D eigenvalue weighted by Crippen LogP contribution is -2.13. The van der Waals surface area contributed by atoms with Crippen LogP contribution in [0.15, 0.2) is 6.33 Å². The number of ether oxygens (including phenoxy) is 1. The molecule has 90 valence electrons. The molecule has 0 amide bonds. The second kappa shape index (κ2) is 6.97. The third-order valence-electron chi connectivity index (χ3n) is 2.29. The van der Waals surface area contributed by atoms with E-state index in [1.54, 1.807) is 7.11 Å². The lowest BCUT2D eigenvalue weighted by Gasteiger charge is -2.10. The van der Waals surface area contributed by atoms with E-state index < -0.39 is 0 Å². The predicted molar refractivity (Wildman–Crippen MR) is 64.2 cm³/mol. The van der Waals surface area contributed by atoms with Crippen LogP contribution >= 0.6 is 0 Å². The van der Waals surface area contributed by atoms with E-state index in [0.29, 0.717) is 5.82 Å². The molecule has 0 radical (unpaired) electrons. The van der Waals surface area contributed by atoms with Gasteiger partial charge in [0, 0.05) is 25.8 Å². The molecular weight excluding hydrogens is 206 g/mol. The van der Waals surface area contributed by atoms with E-state index in [1.807, 2.05) is 6.92 Å². The number of nitrogens with zero attached hydrogens (tertiary/aromatic N) is 2. The van der Waals surface area contributed by atoms with Gasteiger partial charge in [-0.25, -0.2) is 15.8 Å². The van der Waals surface area contributed by atoms with Gasteiger partial charge in [0.2, 0.25) is 0 Å². The maximum absolute atomic E-state index is 5.33. The molecule has 0 fully saturated rings. The van der Waals surface area contributed by atoms with Gasteiger partial charge in [-0.3, -0.25) is 0 Å². The van der Waals surface area contributed by atoms with Crippen LogP contribution in [0.25, 0.3) is 0 Å². The molecule has 0 saturated carbocycles. The number of nitrogen functional groups attached to an aromatic ring is 1. The molecule has 0 aromatic carbocycles. The summed E-state index contributed by atoms with van der Waals surface area (Å²) in [6.45, 7) is 3.58. The molecule has 0 aliphatic heterocycles. The van der Waals surface area contributed by atoms with Gasteiger partial charge in [-0.05, 0) is 19.8 Å². The van der Waals surface area contributed by atoms with Gasteiger partial charge in [0.25, 0.3) is 0 Å². The Morgan fingerprint density at radius 2 is 2.06 bits per heavy atom. The maximum atomic E-state index is 5.33. The van der Waals surface area contributed by atoms with Crippen molar-refractivity contribution in [3.63, 3.8) is 0 Å². The molecule has 1 aromatic heterocycles. The number of hydrazine groups is 1. The number of unbranched alkanes of at least 4 members (excludes halogenated alkanes) is 1. The first-order valence-corrected chi connectivity index (χ1v) is 5.30. The van der Waals surface area contributed by atoms with Crippen molar-refractivity contribution in [1.29, 1.82) is 0 Å². The number of rotatable bonds is 7. The molecule has 1 rings (SSSR count). The summed E-state index contributed by atoms with van der Waals surface area (Å²) in [5, 5.41) is 3.24. The Morgan fingerprint density at radius 3 is 2.75 bits per heavy atom. The first-order valence-electron chi connectivity index (χ1n) is 5.30. The van der Waals surface area contributed by atoms with Crippen LogP contribution in [-0.4, -0.2) is 30.2 Å². The summed E-state index contributed by atoms with van der Waals surface area (Å²) in [7, 11) is 1.71. The second-order valence-electron chi connectivity index (χ2n) is 3.47. The molecule has 0 bridgehead atoms. The second-order valence-corrected chi connectivity index (χ2v) is 3.47. The Hall–Kier alpha value is -1.40. The Labute approximate surface area is 95.6 Å². The van der Waals surface area contributed by atoms with Crippen molar-refractivity contribution in [2.45, 2.75) is 19.8 Å². The highest BCUT2D eigenvalue weighted by Crippen LogP contribution is 2.16. The standard InChI is InChI=1S/C10H19N5O/c1-8-9(12-5-3-4-6-16-2)13-7-14-10(8)15-11/h7H,3-6,11H2,1-2H3,(H2,12,13,14,15). The topological polar surface area (TPSA) is 85.1 Å². The lowest BCUT2D eigenvalue weighted by atomic mass is 10.3. The third kappa shape index (κ3) is 3.63. The van der Waals surface area contributed by atoms with E-state index in [0.717, 1.165) is 37.4 Å². The van der Waals surface area contributed by atoms with Crippen LogP contribution in [0, 0.1) is 6.92 Å². The van der Waals surface area contributed by atoms with Gasteiger partial charge in [0.15, 0.2) is 0 Å². The fourth-order valence-electron chi connectivity index (χ4n) is 1.35. The summed E-state index contributed by atoms with van der Waals surface area (Å²) >= 11 is 0. The zero-order valence-corrected chi connectivity index (χ0v) is 9.79. The summed E-state index contributed by atoms with van der Waals surface area (Å²) in [6, 6.07) is 0. The molecule has 4 N–H and O–H groups in total. The Balaban J connectivity index is 2.41. The zero-order chi connectivity index (χ0) is 11.8.